The molecule has 2 amide bonds. The number of anilines is 1. The normalized spacial score (nSPS) is 13.9. The van der Waals surface area contributed by atoms with Gasteiger partial charge in [0.2, 0.25) is 11.8 Å². The molecule has 7 heteroatoms. The first-order valence-corrected chi connectivity index (χ1v) is 7.57. The standard InChI is InChI=1S/C17H16FN3O3/c18-12-3-5-13(6-4-12)24-14-7-8-15(19-10-14)20-16(22)11-21-9-1-2-17(21)23/h3-8,10H,1-2,9,11H2,(H,19,20,22). The Kier molecular flexibility index (Phi) is 4.69. The number of pyridine rings is 1. The summed E-state index contributed by atoms with van der Waals surface area (Å²) in [6.45, 7) is 0.651. The molecule has 1 aliphatic heterocycles. The van der Waals surface area contributed by atoms with Crippen LogP contribution in [-0.2, 0) is 9.59 Å². The summed E-state index contributed by atoms with van der Waals surface area (Å²) in [5, 5.41) is 2.64. The topological polar surface area (TPSA) is 71.5 Å². The quantitative estimate of drug-likeness (QED) is 0.915. The summed E-state index contributed by atoms with van der Waals surface area (Å²) >= 11 is 0. The van der Waals surface area contributed by atoms with Gasteiger partial charge in [0.05, 0.1) is 12.7 Å². The summed E-state index contributed by atoms with van der Waals surface area (Å²) in [7, 11) is 0. The van der Waals surface area contributed by atoms with E-state index < -0.39 is 0 Å². The molecule has 1 aromatic carbocycles. The minimum absolute atomic E-state index is 0.00107. The number of hydrogen-bond acceptors (Lipinski definition) is 4. The molecule has 1 aliphatic rings. The summed E-state index contributed by atoms with van der Waals surface area (Å²) in [4.78, 5) is 29.0. The van der Waals surface area contributed by atoms with Crippen LogP contribution in [0.5, 0.6) is 11.5 Å². The highest BCUT2D eigenvalue weighted by molar-refractivity contribution is 5.94. The van der Waals surface area contributed by atoms with Crippen LogP contribution in [0, 0.1) is 5.82 Å². The fourth-order valence-corrected chi connectivity index (χ4v) is 2.38. The molecular weight excluding hydrogens is 313 g/mol. The lowest BCUT2D eigenvalue weighted by Gasteiger charge is -2.14. The third-order valence-corrected chi connectivity index (χ3v) is 3.56. The molecule has 0 unspecified atom stereocenters. The van der Waals surface area contributed by atoms with E-state index in [9.17, 15) is 14.0 Å². The Labute approximate surface area is 138 Å². The molecule has 6 nitrogen and oxygen atoms in total. The van der Waals surface area contributed by atoms with Crippen LogP contribution in [0.1, 0.15) is 12.8 Å². The van der Waals surface area contributed by atoms with Gasteiger partial charge < -0.3 is 15.0 Å². The van der Waals surface area contributed by atoms with Gasteiger partial charge in [-0.25, -0.2) is 9.37 Å². The predicted molar refractivity (Wildman–Crippen MR) is 85.2 cm³/mol. The molecule has 124 valence electrons. The molecule has 0 atom stereocenters. The minimum atomic E-state index is -0.338. The number of hydrogen-bond donors (Lipinski definition) is 1. The van der Waals surface area contributed by atoms with Crippen molar-refractivity contribution in [2.24, 2.45) is 0 Å². The summed E-state index contributed by atoms with van der Waals surface area (Å²) in [6.07, 6.45) is 2.75. The summed E-state index contributed by atoms with van der Waals surface area (Å²) in [5.41, 5.74) is 0. The predicted octanol–water partition coefficient (Wildman–Crippen LogP) is 2.57. The number of benzene rings is 1. The zero-order valence-corrected chi connectivity index (χ0v) is 12.9. The number of aromatic nitrogens is 1. The van der Waals surface area contributed by atoms with Crippen molar-refractivity contribution in [2.75, 3.05) is 18.4 Å². The Morgan fingerprint density at radius 3 is 2.58 bits per heavy atom. The van der Waals surface area contributed by atoms with Gasteiger partial charge in [0.1, 0.15) is 23.1 Å². The largest absolute Gasteiger partial charge is 0.456 e. The van der Waals surface area contributed by atoms with Crippen LogP contribution >= 0.6 is 0 Å². The van der Waals surface area contributed by atoms with Gasteiger partial charge in [-0.2, -0.15) is 0 Å². The maximum absolute atomic E-state index is 12.8. The average Bonchev–Trinajstić information content (AvgIpc) is 2.96. The Hall–Kier alpha value is -2.96. The van der Waals surface area contributed by atoms with Crippen LogP contribution in [0.15, 0.2) is 42.6 Å². The maximum Gasteiger partial charge on any atom is 0.245 e. The van der Waals surface area contributed by atoms with Crippen LogP contribution in [0.25, 0.3) is 0 Å². The second-order valence-corrected chi connectivity index (χ2v) is 5.40. The van der Waals surface area contributed by atoms with Crippen molar-refractivity contribution in [1.82, 2.24) is 9.88 Å². The molecule has 0 radical (unpaired) electrons. The number of nitrogens with zero attached hydrogens (tertiary/aromatic N) is 2. The molecule has 0 aliphatic carbocycles. The zero-order chi connectivity index (χ0) is 16.9. The number of nitrogens with one attached hydrogen (secondary N) is 1. The molecule has 1 aromatic heterocycles. The van der Waals surface area contributed by atoms with Crippen molar-refractivity contribution in [2.45, 2.75) is 12.8 Å². The lowest BCUT2D eigenvalue weighted by molar-refractivity contribution is -0.131. The van der Waals surface area contributed by atoms with Crippen molar-refractivity contribution < 1.29 is 18.7 Å². The minimum Gasteiger partial charge on any atom is -0.456 e. The lowest BCUT2D eigenvalue weighted by Crippen LogP contribution is -2.34. The molecule has 24 heavy (non-hydrogen) atoms. The van der Waals surface area contributed by atoms with Crippen molar-refractivity contribution in [3.05, 3.63) is 48.4 Å². The fourth-order valence-electron chi connectivity index (χ4n) is 2.38. The average molecular weight is 329 g/mol. The van der Waals surface area contributed by atoms with Crippen LogP contribution in [0.2, 0.25) is 0 Å². The smallest absolute Gasteiger partial charge is 0.245 e. The van der Waals surface area contributed by atoms with Crippen molar-refractivity contribution in [3.63, 3.8) is 0 Å². The first kappa shape index (κ1) is 15.9. The SMILES string of the molecule is O=C(CN1CCCC1=O)Nc1ccc(Oc2ccc(F)cc2)cn1. The van der Waals surface area contributed by atoms with E-state index in [4.69, 9.17) is 4.74 Å². The number of likely N-dealkylation sites (tertiary alicyclic amines) is 1. The van der Waals surface area contributed by atoms with E-state index >= 15 is 0 Å². The molecule has 1 saturated heterocycles. The highest BCUT2D eigenvalue weighted by Crippen LogP contribution is 2.21. The van der Waals surface area contributed by atoms with E-state index in [1.165, 1.54) is 35.4 Å². The highest BCUT2D eigenvalue weighted by atomic mass is 19.1. The molecule has 2 heterocycles. The zero-order valence-electron chi connectivity index (χ0n) is 12.9. The number of ether oxygens (including phenoxy) is 1. The van der Waals surface area contributed by atoms with E-state index in [1.54, 1.807) is 12.1 Å². The van der Waals surface area contributed by atoms with Gasteiger partial charge in [0.25, 0.3) is 0 Å². The third-order valence-electron chi connectivity index (χ3n) is 3.56. The molecule has 2 aromatic rings. The first-order valence-electron chi connectivity index (χ1n) is 7.57. The molecule has 1 fully saturated rings. The molecule has 1 N–H and O–H groups in total. The van der Waals surface area contributed by atoms with Crippen molar-refractivity contribution >= 4 is 17.6 Å². The summed E-state index contributed by atoms with van der Waals surface area (Å²) in [6, 6.07) is 8.87. The molecule has 0 saturated carbocycles. The number of rotatable bonds is 5. The molecule has 0 spiro atoms. The molecular formula is C17H16FN3O3. The van der Waals surface area contributed by atoms with Crippen LogP contribution in [-0.4, -0.2) is 34.8 Å². The second kappa shape index (κ2) is 7.08. The second-order valence-electron chi connectivity index (χ2n) is 5.40. The van der Waals surface area contributed by atoms with Gasteiger partial charge in [-0.15, -0.1) is 0 Å². The van der Waals surface area contributed by atoms with Gasteiger partial charge in [0, 0.05) is 13.0 Å². The number of halogens is 1. The molecule has 0 bridgehead atoms. The van der Waals surface area contributed by atoms with Crippen molar-refractivity contribution in [3.8, 4) is 11.5 Å². The third kappa shape index (κ3) is 4.07. The Bertz CT molecular complexity index is 732. The van der Waals surface area contributed by atoms with E-state index in [0.29, 0.717) is 30.3 Å². The van der Waals surface area contributed by atoms with Gasteiger partial charge in [-0.05, 0) is 42.8 Å². The fraction of sp³-hybridized carbons (Fsp3) is 0.235. The Morgan fingerprint density at radius 1 is 1.21 bits per heavy atom. The van der Waals surface area contributed by atoms with Crippen LogP contribution in [0.3, 0.4) is 0 Å². The lowest BCUT2D eigenvalue weighted by atomic mass is 10.3. The van der Waals surface area contributed by atoms with Gasteiger partial charge in [-0.3, -0.25) is 9.59 Å². The van der Waals surface area contributed by atoms with E-state index in [1.807, 2.05) is 0 Å². The van der Waals surface area contributed by atoms with Gasteiger partial charge in [-0.1, -0.05) is 0 Å². The van der Waals surface area contributed by atoms with Crippen LogP contribution < -0.4 is 10.1 Å². The van der Waals surface area contributed by atoms with Crippen molar-refractivity contribution in [1.29, 1.82) is 0 Å². The van der Waals surface area contributed by atoms with Gasteiger partial charge in [0.15, 0.2) is 0 Å². The van der Waals surface area contributed by atoms with E-state index in [0.717, 1.165) is 6.42 Å². The van der Waals surface area contributed by atoms with E-state index in [-0.39, 0.29) is 24.2 Å². The Balaban J connectivity index is 1.55. The van der Waals surface area contributed by atoms with Gasteiger partial charge >= 0.3 is 0 Å². The number of carbonyl (C=O) groups is 2. The van der Waals surface area contributed by atoms with E-state index in [2.05, 4.69) is 10.3 Å². The maximum atomic E-state index is 12.8. The number of carbonyl (C=O) groups excluding carboxylic acids is 2. The molecule has 3 rings (SSSR count). The summed E-state index contributed by atoms with van der Waals surface area (Å²) in [5.74, 6) is 0.705. The summed E-state index contributed by atoms with van der Waals surface area (Å²) < 4.78 is 18.4. The number of amides is 2. The highest BCUT2D eigenvalue weighted by Gasteiger charge is 2.22. The first-order chi connectivity index (χ1) is 11.6. The van der Waals surface area contributed by atoms with Crippen LogP contribution in [0.4, 0.5) is 10.2 Å². The Morgan fingerprint density at radius 2 is 1.96 bits per heavy atom. The monoisotopic (exact) mass is 329 g/mol.